The molecule has 0 saturated heterocycles. The minimum atomic E-state index is -0.162. The summed E-state index contributed by atoms with van der Waals surface area (Å²) in [6.07, 6.45) is 1.68. The van der Waals surface area contributed by atoms with Gasteiger partial charge in [-0.3, -0.25) is 9.69 Å². The van der Waals surface area contributed by atoms with E-state index in [1.165, 1.54) is 0 Å². The van der Waals surface area contributed by atoms with Crippen LogP contribution in [-0.2, 0) is 4.79 Å². The third-order valence-electron chi connectivity index (χ3n) is 2.14. The first-order valence-corrected chi connectivity index (χ1v) is 5.78. The van der Waals surface area contributed by atoms with Gasteiger partial charge in [0.05, 0.1) is 4.83 Å². The van der Waals surface area contributed by atoms with E-state index in [1.54, 1.807) is 18.1 Å². The Kier molecular flexibility index (Phi) is 4.27. The molecule has 1 unspecified atom stereocenters. The molecule has 0 spiro atoms. The number of amides is 1. The smallest absolute Gasteiger partial charge is 0.241 e. The highest BCUT2D eigenvalue weighted by molar-refractivity contribution is 9.10. The van der Waals surface area contributed by atoms with Crippen LogP contribution < -0.4 is 4.90 Å². The minimum Gasteiger partial charge on any atom is -0.299 e. The predicted octanol–water partition coefficient (Wildman–Crippen LogP) is 2.46. The molecule has 0 aliphatic rings. The molecule has 4 heteroatoms. The van der Waals surface area contributed by atoms with E-state index in [9.17, 15) is 4.79 Å². The lowest BCUT2D eigenvalue weighted by Gasteiger charge is -2.21. The Morgan fingerprint density at radius 3 is 2.60 bits per heavy atom. The van der Waals surface area contributed by atoms with Crippen molar-refractivity contribution in [2.45, 2.75) is 18.7 Å². The SMILES string of the molecule is CC(C)C(Br)C(=O)N(C)c1ccccn1. The number of pyridine rings is 1. The molecule has 1 atom stereocenters. The average Bonchev–Trinajstić information content (AvgIpc) is 2.27. The molecule has 0 bridgehead atoms. The number of hydrogen-bond acceptors (Lipinski definition) is 2. The monoisotopic (exact) mass is 270 g/mol. The van der Waals surface area contributed by atoms with Crippen molar-refractivity contribution in [3.8, 4) is 0 Å². The summed E-state index contributed by atoms with van der Waals surface area (Å²) in [5.74, 6) is 0.972. The van der Waals surface area contributed by atoms with Crippen LogP contribution >= 0.6 is 15.9 Å². The van der Waals surface area contributed by atoms with Crippen LogP contribution in [0.3, 0.4) is 0 Å². The molecular formula is C11H15BrN2O. The number of alkyl halides is 1. The topological polar surface area (TPSA) is 33.2 Å². The van der Waals surface area contributed by atoms with E-state index in [1.807, 2.05) is 32.0 Å². The van der Waals surface area contributed by atoms with Crippen molar-refractivity contribution in [1.82, 2.24) is 4.98 Å². The van der Waals surface area contributed by atoms with Gasteiger partial charge in [-0.05, 0) is 18.1 Å². The van der Waals surface area contributed by atoms with Crippen molar-refractivity contribution in [3.05, 3.63) is 24.4 Å². The molecule has 0 aliphatic carbocycles. The third kappa shape index (κ3) is 3.02. The van der Waals surface area contributed by atoms with E-state index >= 15 is 0 Å². The van der Waals surface area contributed by atoms with Crippen molar-refractivity contribution >= 4 is 27.7 Å². The van der Waals surface area contributed by atoms with Crippen molar-refractivity contribution < 1.29 is 4.79 Å². The molecule has 0 N–H and O–H groups in total. The highest BCUT2D eigenvalue weighted by Gasteiger charge is 2.23. The molecule has 0 fully saturated rings. The first kappa shape index (κ1) is 12.2. The van der Waals surface area contributed by atoms with Gasteiger partial charge in [-0.15, -0.1) is 0 Å². The fraction of sp³-hybridized carbons (Fsp3) is 0.455. The van der Waals surface area contributed by atoms with Crippen LogP contribution in [0.2, 0.25) is 0 Å². The normalized spacial score (nSPS) is 12.6. The largest absolute Gasteiger partial charge is 0.299 e. The number of carbonyl (C=O) groups excluding carboxylic acids is 1. The van der Waals surface area contributed by atoms with E-state index in [-0.39, 0.29) is 16.7 Å². The first-order valence-electron chi connectivity index (χ1n) is 4.86. The van der Waals surface area contributed by atoms with Gasteiger partial charge < -0.3 is 0 Å². The summed E-state index contributed by atoms with van der Waals surface area (Å²) in [5.41, 5.74) is 0. The molecule has 15 heavy (non-hydrogen) atoms. The number of hydrogen-bond donors (Lipinski definition) is 0. The fourth-order valence-electron chi connectivity index (χ4n) is 1.14. The lowest BCUT2D eigenvalue weighted by molar-refractivity contribution is -0.118. The van der Waals surface area contributed by atoms with Crippen LogP contribution in [0, 0.1) is 5.92 Å². The Hall–Kier alpha value is -0.900. The van der Waals surface area contributed by atoms with Gasteiger partial charge in [0.25, 0.3) is 0 Å². The van der Waals surface area contributed by atoms with E-state index in [4.69, 9.17) is 0 Å². The van der Waals surface area contributed by atoms with Crippen LogP contribution in [0.1, 0.15) is 13.8 Å². The summed E-state index contributed by atoms with van der Waals surface area (Å²) >= 11 is 3.39. The molecule has 1 aromatic rings. The molecule has 1 heterocycles. The Morgan fingerprint density at radius 2 is 2.13 bits per heavy atom. The molecule has 1 amide bonds. The van der Waals surface area contributed by atoms with Crippen LogP contribution in [0.5, 0.6) is 0 Å². The summed E-state index contributed by atoms with van der Waals surface area (Å²) in [7, 11) is 1.74. The number of aromatic nitrogens is 1. The van der Waals surface area contributed by atoms with E-state index < -0.39 is 0 Å². The maximum absolute atomic E-state index is 11.9. The predicted molar refractivity (Wildman–Crippen MR) is 65.2 cm³/mol. The summed E-state index contributed by atoms with van der Waals surface area (Å²) in [5, 5.41) is 0. The number of halogens is 1. The molecule has 0 radical (unpaired) electrons. The second-order valence-corrected chi connectivity index (χ2v) is 4.72. The van der Waals surface area contributed by atoms with E-state index in [0.29, 0.717) is 5.82 Å². The van der Waals surface area contributed by atoms with Crippen molar-refractivity contribution in [1.29, 1.82) is 0 Å². The Morgan fingerprint density at radius 1 is 1.47 bits per heavy atom. The van der Waals surface area contributed by atoms with Gasteiger partial charge in [0.15, 0.2) is 0 Å². The first-order chi connectivity index (χ1) is 7.04. The summed E-state index contributed by atoms with van der Waals surface area (Å²) in [4.78, 5) is 17.5. The van der Waals surface area contributed by atoms with Crippen molar-refractivity contribution in [3.63, 3.8) is 0 Å². The number of carbonyl (C=O) groups is 1. The zero-order valence-electron chi connectivity index (χ0n) is 9.14. The summed E-state index contributed by atoms with van der Waals surface area (Å²) < 4.78 is 0. The third-order valence-corrected chi connectivity index (χ3v) is 3.59. The maximum atomic E-state index is 11.9. The molecule has 0 aromatic carbocycles. The van der Waals surface area contributed by atoms with Crippen molar-refractivity contribution in [2.75, 3.05) is 11.9 Å². The Bertz CT molecular complexity index is 327. The van der Waals surface area contributed by atoms with Gasteiger partial charge in [-0.2, -0.15) is 0 Å². The standard InChI is InChI=1S/C11H15BrN2O/c1-8(2)10(12)11(15)14(3)9-6-4-5-7-13-9/h4-8,10H,1-3H3. The van der Waals surface area contributed by atoms with Gasteiger partial charge in [-0.25, -0.2) is 4.98 Å². The summed E-state index contributed by atoms with van der Waals surface area (Å²) in [6.45, 7) is 4.01. The highest BCUT2D eigenvalue weighted by atomic mass is 79.9. The van der Waals surface area contributed by atoms with Crippen LogP contribution in [-0.4, -0.2) is 22.8 Å². The Balaban J connectivity index is 2.78. The lowest BCUT2D eigenvalue weighted by atomic mass is 10.1. The van der Waals surface area contributed by atoms with Crippen LogP contribution in [0.25, 0.3) is 0 Å². The molecule has 0 saturated carbocycles. The van der Waals surface area contributed by atoms with Gasteiger partial charge in [0.1, 0.15) is 5.82 Å². The van der Waals surface area contributed by atoms with Gasteiger partial charge in [-0.1, -0.05) is 35.8 Å². The lowest BCUT2D eigenvalue weighted by Crippen LogP contribution is -2.36. The number of nitrogens with zero attached hydrogens (tertiary/aromatic N) is 2. The molecule has 82 valence electrons. The van der Waals surface area contributed by atoms with Crippen molar-refractivity contribution in [2.24, 2.45) is 5.92 Å². The Labute approximate surface area is 98.6 Å². The fourth-order valence-corrected chi connectivity index (χ4v) is 1.44. The van der Waals surface area contributed by atoms with Gasteiger partial charge >= 0.3 is 0 Å². The molecular weight excluding hydrogens is 256 g/mol. The number of rotatable bonds is 3. The quantitative estimate of drug-likeness (QED) is 0.791. The second kappa shape index (κ2) is 5.26. The zero-order valence-corrected chi connectivity index (χ0v) is 10.7. The number of anilines is 1. The van der Waals surface area contributed by atoms with Gasteiger partial charge in [0, 0.05) is 13.2 Å². The molecule has 1 aromatic heterocycles. The minimum absolute atomic E-state index is 0.0312. The average molecular weight is 271 g/mol. The van der Waals surface area contributed by atoms with Crippen LogP contribution in [0.15, 0.2) is 24.4 Å². The van der Waals surface area contributed by atoms with Gasteiger partial charge in [0.2, 0.25) is 5.91 Å². The van der Waals surface area contributed by atoms with E-state index in [2.05, 4.69) is 20.9 Å². The molecule has 1 rings (SSSR count). The van der Waals surface area contributed by atoms with Crippen LogP contribution in [0.4, 0.5) is 5.82 Å². The zero-order chi connectivity index (χ0) is 11.4. The molecule has 0 aliphatic heterocycles. The summed E-state index contributed by atoms with van der Waals surface area (Å²) in [6, 6.07) is 5.51. The molecule has 3 nitrogen and oxygen atoms in total. The maximum Gasteiger partial charge on any atom is 0.241 e. The second-order valence-electron chi connectivity index (χ2n) is 3.73. The highest BCUT2D eigenvalue weighted by Crippen LogP contribution is 2.17. The van der Waals surface area contributed by atoms with E-state index in [0.717, 1.165) is 0 Å².